The molecule has 3 amide bonds. The topological polar surface area (TPSA) is 102 Å². The summed E-state index contributed by atoms with van der Waals surface area (Å²) in [5, 5.41) is 2.66. The van der Waals surface area contributed by atoms with Crippen LogP contribution in [0.4, 0.5) is 0 Å². The SMILES string of the molecule is NC(=O)COc1ccc(C(=O)N2CCNC(=O)C2)cc1. The summed E-state index contributed by atoms with van der Waals surface area (Å²) in [6, 6.07) is 6.34. The van der Waals surface area contributed by atoms with Gasteiger partial charge in [-0.25, -0.2) is 0 Å². The maximum Gasteiger partial charge on any atom is 0.255 e. The van der Waals surface area contributed by atoms with E-state index in [1.165, 1.54) is 4.90 Å². The van der Waals surface area contributed by atoms with Gasteiger partial charge in [-0.3, -0.25) is 14.4 Å². The van der Waals surface area contributed by atoms with Crippen molar-refractivity contribution >= 4 is 17.7 Å². The fraction of sp³-hybridized carbons (Fsp3) is 0.308. The summed E-state index contributed by atoms with van der Waals surface area (Å²) in [6.45, 7) is 0.813. The summed E-state index contributed by atoms with van der Waals surface area (Å²) in [5.74, 6) is -0.478. The number of ether oxygens (including phenoxy) is 1. The lowest BCUT2D eigenvalue weighted by Gasteiger charge is -2.26. The van der Waals surface area contributed by atoms with Crippen LogP contribution < -0.4 is 15.8 Å². The zero-order valence-corrected chi connectivity index (χ0v) is 10.8. The molecule has 3 N–H and O–H groups in total. The zero-order valence-electron chi connectivity index (χ0n) is 10.8. The number of primary amides is 1. The molecule has 0 bridgehead atoms. The minimum atomic E-state index is -0.565. The third-order valence-corrected chi connectivity index (χ3v) is 2.81. The Bertz CT molecular complexity index is 527. The number of rotatable bonds is 4. The van der Waals surface area contributed by atoms with E-state index in [2.05, 4.69) is 5.32 Å². The fourth-order valence-electron chi connectivity index (χ4n) is 1.84. The van der Waals surface area contributed by atoms with Gasteiger partial charge in [0.25, 0.3) is 11.8 Å². The van der Waals surface area contributed by atoms with Gasteiger partial charge in [-0.15, -0.1) is 0 Å². The Kier molecular flexibility index (Phi) is 4.19. The van der Waals surface area contributed by atoms with Crippen molar-refractivity contribution in [1.29, 1.82) is 0 Å². The normalized spacial score (nSPS) is 14.6. The number of carbonyl (C=O) groups excluding carboxylic acids is 3. The predicted octanol–water partition coefficient (Wildman–Crippen LogP) is -0.877. The number of nitrogens with one attached hydrogen (secondary N) is 1. The highest BCUT2D eigenvalue weighted by Crippen LogP contribution is 2.14. The maximum atomic E-state index is 12.2. The standard InChI is InChI=1S/C13H15N3O4/c14-11(17)8-20-10-3-1-9(2-4-10)13(19)16-6-5-15-12(18)7-16/h1-4H,5-8H2,(H2,14,17)(H,15,18). The minimum absolute atomic E-state index is 0.0682. The molecule has 0 unspecified atom stereocenters. The average Bonchev–Trinajstić information content (AvgIpc) is 2.45. The van der Waals surface area contributed by atoms with Gasteiger partial charge in [0.1, 0.15) is 5.75 Å². The third-order valence-electron chi connectivity index (χ3n) is 2.81. The van der Waals surface area contributed by atoms with Crippen molar-refractivity contribution in [3.05, 3.63) is 29.8 Å². The van der Waals surface area contributed by atoms with Gasteiger partial charge >= 0.3 is 0 Å². The monoisotopic (exact) mass is 277 g/mol. The first kappa shape index (κ1) is 13.9. The molecule has 1 fully saturated rings. The second-order valence-electron chi connectivity index (χ2n) is 4.36. The lowest BCUT2D eigenvalue weighted by Crippen LogP contribution is -2.49. The Morgan fingerprint density at radius 3 is 2.60 bits per heavy atom. The number of piperazine rings is 1. The molecular formula is C13H15N3O4. The van der Waals surface area contributed by atoms with Crippen LogP contribution >= 0.6 is 0 Å². The van der Waals surface area contributed by atoms with Crippen molar-refractivity contribution in [2.24, 2.45) is 5.73 Å². The Morgan fingerprint density at radius 2 is 2.00 bits per heavy atom. The quantitative estimate of drug-likeness (QED) is 0.746. The maximum absolute atomic E-state index is 12.2. The second kappa shape index (κ2) is 6.05. The van der Waals surface area contributed by atoms with E-state index in [1.54, 1.807) is 24.3 Å². The van der Waals surface area contributed by atoms with E-state index in [9.17, 15) is 14.4 Å². The minimum Gasteiger partial charge on any atom is -0.484 e. The number of benzene rings is 1. The van der Waals surface area contributed by atoms with Crippen molar-refractivity contribution in [1.82, 2.24) is 10.2 Å². The smallest absolute Gasteiger partial charge is 0.255 e. The molecule has 0 atom stereocenters. The lowest BCUT2D eigenvalue weighted by molar-refractivity contribution is -0.123. The lowest BCUT2D eigenvalue weighted by atomic mass is 10.2. The van der Waals surface area contributed by atoms with Crippen molar-refractivity contribution < 1.29 is 19.1 Å². The molecule has 1 heterocycles. The molecular weight excluding hydrogens is 262 g/mol. The first-order valence-corrected chi connectivity index (χ1v) is 6.13. The average molecular weight is 277 g/mol. The Hall–Kier alpha value is -2.57. The van der Waals surface area contributed by atoms with Crippen LogP contribution in [0, 0.1) is 0 Å². The highest BCUT2D eigenvalue weighted by Gasteiger charge is 2.22. The van der Waals surface area contributed by atoms with Gasteiger partial charge in [-0.2, -0.15) is 0 Å². The fourth-order valence-corrected chi connectivity index (χ4v) is 1.84. The summed E-state index contributed by atoms with van der Waals surface area (Å²) >= 11 is 0. The Labute approximate surface area is 115 Å². The van der Waals surface area contributed by atoms with E-state index < -0.39 is 5.91 Å². The van der Waals surface area contributed by atoms with Crippen molar-refractivity contribution in [2.45, 2.75) is 0 Å². The summed E-state index contributed by atoms with van der Waals surface area (Å²) in [5.41, 5.74) is 5.43. The highest BCUT2D eigenvalue weighted by atomic mass is 16.5. The second-order valence-corrected chi connectivity index (χ2v) is 4.36. The molecule has 1 aliphatic rings. The molecule has 2 rings (SSSR count). The van der Waals surface area contributed by atoms with Gasteiger partial charge in [0.05, 0.1) is 6.54 Å². The van der Waals surface area contributed by atoms with Crippen LogP contribution in [0.2, 0.25) is 0 Å². The van der Waals surface area contributed by atoms with E-state index in [4.69, 9.17) is 10.5 Å². The number of nitrogens with zero attached hydrogens (tertiary/aromatic N) is 1. The molecule has 7 heteroatoms. The van der Waals surface area contributed by atoms with Gasteiger partial charge in [0.2, 0.25) is 5.91 Å². The van der Waals surface area contributed by atoms with Gasteiger partial charge in [-0.1, -0.05) is 0 Å². The number of carbonyl (C=O) groups is 3. The molecule has 0 radical (unpaired) electrons. The van der Waals surface area contributed by atoms with Crippen LogP contribution in [-0.2, 0) is 9.59 Å². The van der Waals surface area contributed by atoms with Gasteiger partial charge in [0.15, 0.2) is 6.61 Å². The Morgan fingerprint density at radius 1 is 1.30 bits per heavy atom. The number of nitrogens with two attached hydrogens (primary N) is 1. The molecule has 0 saturated carbocycles. The van der Waals surface area contributed by atoms with E-state index in [0.29, 0.717) is 24.4 Å². The largest absolute Gasteiger partial charge is 0.484 e. The molecule has 0 aromatic heterocycles. The van der Waals surface area contributed by atoms with Crippen molar-refractivity contribution in [2.75, 3.05) is 26.2 Å². The Balaban J connectivity index is 2.00. The van der Waals surface area contributed by atoms with Crippen molar-refractivity contribution in [3.8, 4) is 5.75 Å². The molecule has 20 heavy (non-hydrogen) atoms. The molecule has 0 aliphatic carbocycles. The molecule has 7 nitrogen and oxygen atoms in total. The summed E-state index contributed by atoms with van der Waals surface area (Å²) in [4.78, 5) is 35.5. The van der Waals surface area contributed by atoms with E-state index in [0.717, 1.165) is 0 Å². The van der Waals surface area contributed by atoms with Gasteiger partial charge in [-0.05, 0) is 24.3 Å². The highest BCUT2D eigenvalue weighted by molar-refractivity contribution is 5.97. The first-order valence-electron chi connectivity index (χ1n) is 6.13. The summed E-state index contributed by atoms with van der Waals surface area (Å²) in [7, 11) is 0. The summed E-state index contributed by atoms with van der Waals surface area (Å²) < 4.78 is 5.10. The molecule has 1 aromatic rings. The van der Waals surface area contributed by atoms with Gasteiger partial charge in [0, 0.05) is 18.7 Å². The van der Waals surface area contributed by atoms with Crippen LogP contribution in [0.1, 0.15) is 10.4 Å². The number of amides is 3. The van der Waals surface area contributed by atoms with Crippen LogP contribution in [-0.4, -0.2) is 48.9 Å². The van der Waals surface area contributed by atoms with E-state index >= 15 is 0 Å². The van der Waals surface area contributed by atoms with Crippen LogP contribution in [0.3, 0.4) is 0 Å². The number of hydrogen-bond donors (Lipinski definition) is 2. The first-order chi connectivity index (χ1) is 9.56. The molecule has 1 saturated heterocycles. The molecule has 1 aliphatic heterocycles. The van der Waals surface area contributed by atoms with Crippen LogP contribution in [0.25, 0.3) is 0 Å². The number of hydrogen-bond acceptors (Lipinski definition) is 4. The third kappa shape index (κ3) is 3.47. The van der Waals surface area contributed by atoms with E-state index in [-0.39, 0.29) is 25.0 Å². The van der Waals surface area contributed by atoms with Crippen molar-refractivity contribution in [3.63, 3.8) is 0 Å². The zero-order chi connectivity index (χ0) is 14.5. The van der Waals surface area contributed by atoms with Crippen LogP contribution in [0.15, 0.2) is 24.3 Å². The summed E-state index contributed by atoms with van der Waals surface area (Å²) in [6.07, 6.45) is 0. The van der Waals surface area contributed by atoms with E-state index in [1.807, 2.05) is 0 Å². The van der Waals surface area contributed by atoms with Gasteiger partial charge < -0.3 is 20.7 Å². The molecule has 106 valence electrons. The predicted molar refractivity (Wildman–Crippen MR) is 70.0 cm³/mol. The molecule has 1 aromatic carbocycles. The molecule has 0 spiro atoms. The van der Waals surface area contributed by atoms with Crippen LogP contribution in [0.5, 0.6) is 5.75 Å².